The lowest BCUT2D eigenvalue weighted by Crippen LogP contribution is -1.93. The maximum Gasteiger partial charge on any atom is 0.231 e. The second kappa shape index (κ2) is 5.45. The fourth-order valence-corrected chi connectivity index (χ4v) is 2.79. The van der Waals surface area contributed by atoms with Crippen molar-refractivity contribution < 1.29 is 19.3 Å². The molecule has 2 N–H and O–H groups in total. The average Bonchev–Trinajstić information content (AvgIpc) is 3.23. The number of methoxy groups -OCH3 is 1. The molecule has 4 rings (SSSR count). The number of aryl methyl sites for hydroxylation is 1. The summed E-state index contributed by atoms with van der Waals surface area (Å²) in [5, 5.41) is 21.2. The van der Waals surface area contributed by atoms with Gasteiger partial charge in [-0.25, -0.2) is 0 Å². The van der Waals surface area contributed by atoms with Crippen molar-refractivity contribution in [2.24, 2.45) is 0 Å². The van der Waals surface area contributed by atoms with Crippen LogP contribution < -0.4 is 14.2 Å². The van der Waals surface area contributed by atoms with E-state index in [1.165, 1.54) is 0 Å². The Balaban J connectivity index is 1.83. The first-order valence-corrected chi connectivity index (χ1v) is 7.36. The van der Waals surface area contributed by atoms with Gasteiger partial charge in [0.25, 0.3) is 0 Å². The van der Waals surface area contributed by atoms with Gasteiger partial charge in [-0.3, -0.25) is 5.10 Å². The molecule has 7 heteroatoms. The lowest BCUT2D eigenvalue weighted by atomic mass is 10.0. The van der Waals surface area contributed by atoms with E-state index in [2.05, 4.69) is 15.4 Å². The number of benzene rings is 2. The van der Waals surface area contributed by atoms with Gasteiger partial charge in [0, 0.05) is 17.2 Å². The summed E-state index contributed by atoms with van der Waals surface area (Å²) in [5.41, 5.74) is 3.61. The largest absolute Gasteiger partial charge is 0.507 e. The molecule has 0 bridgehead atoms. The number of phenols is 1. The summed E-state index contributed by atoms with van der Waals surface area (Å²) in [7, 11) is 1.55. The van der Waals surface area contributed by atoms with Crippen molar-refractivity contribution in [3.8, 4) is 45.5 Å². The van der Waals surface area contributed by atoms with Gasteiger partial charge < -0.3 is 19.3 Å². The molecular formula is C17H15N3O4. The minimum absolute atomic E-state index is 0.0825. The maximum atomic E-state index is 10.3. The van der Waals surface area contributed by atoms with Gasteiger partial charge in [-0.05, 0) is 36.8 Å². The molecule has 1 aliphatic heterocycles. The van der Waals surface area contributed by atoms with Crippen LogP contribution in [0.1, 0.15) is 5.56 Å². The molecule has 24 heavy (non-hydrogen) atoms. The zero-order valence-corrected chi connectivity index (χ0v) is 13.2. The second-order valence-corrected chi connectivity index (χ2v) is 5.45. The van der Waals surface area contributed by atoms with E-state index in [1.54, 1.807) is 25.3 Å². The smallest absolute Gasteiger partial charge is 0.231 e. The second-order valence-electron chi connectivity index (χ2n) is 5.45. The first kappa shape index (κ1) is 14.4. The molecule has 122 valence electrons. The Morgan fingerprint density at radius 3 is 2.88 bits per heavy atom. The first-order chi connectivity index (χ1) is 11.7. The van der Waals surface area contributed by atoms with Crippen LogP contribution in [0.15, 0.2) is 30.3 Å². The van der Waals surface area contributed by atoms with E-state index in [0.717, 1.165) is 16.9 Å². The number of nitrogens with one attached hydrogen (secondary N) is 1. The molecule has 0 saturated heterocycles. The van der Waals surface area contributed by atoms with Crippen molar-refractivity contribution in [2.45, 2.75) is 6.92 Å². The predicted molar refractivity (Wildman–Crippen MR) is 86.3 cm³/mol. The number of hydrogen-bond acceptors (Lipinski definition) is 6. The van der Waals surface area contributed by atoms with Crippen LogP contribution in [0.2, 0.25) is 0 Å². The Morgan fingerprint density at radius 1 is 1.21 bits per heavy atom. The Labute approximate surface area is 137 Å². The minimum atomic E-state index is 0.0825. The molecule has 0 amide bonds. The fraction of sp³-hybridized carbons (Fsp3) is 0.176. The lowest BCUT2D eigenvalue weighted by molar-refractivity contribution is 0.173. The molecule has 0 atom stereocenters. The van der Waals surface area contributed by atoms with Crippen molar-refractivity contribution in [1.29, 1.82) is 0 Å². The summed E-state index contributed by atoms with van der Waals surface area (Å²) in [6, 6.07) is 8.88. The highest BCUT2D eigenvalue weighted by Crippen LogP contribution is 2.41. The summed E-state index contributed by atoms with van der Waals surface area (Å²) in [6.45, 7) is 2.16. The number of nitrogens with zero attached hydrogens (tertiary/aromatic N) is 2. The maximum absolute atomic E-state index is 10.3. The third-order valence-electron chi connectivity index (χ3n) is 3.95. The molecular weight excluding hydrogens is 310 g/mol. The Morgan fingerprint density at radius 2 is 2.08 bits per heavy atom. The van der Waals surface area contributed by atoms with Gasteiger partial charge in [-0.1, -0.05) is 5.21 Å². The van der Waals surface area contributed by atoms with E-state index in [4.69, 9.17) is 14.2 Å². The predicted octanol–water partition coefficient (Wildman–Crippen LogP) is 2.89. The highest BCUT2D eigenvalue weighted by atomic mass is 16.7. The monoisotopic (exact) mass is 325 g/mol. The van der Waals surface area contributed by atoms with Crippen LogP contribution in [0.25, 0.3) is 22.5 Å². The molecule has 0 saturated carbocycles. The molecule has 3 aromatic rings. The van der Waals surface area contributed by atoms with Crippen LogP contribution >= 0.6 is 0 Å². The average molecular weight is 325 g/mol. The van der Waals surface area contributed by atoms with Crippen molar-refractivity contribution >= 4 is 0 Å². The van der Waals surface area contributed by atoms with E-state index < -0.39 is 0 Å². The van der Waals surface area contributed by atoms with Gasteiger partial charge in [0.15, 0.2) is 11.5 Å². The third-order valence-corrected chi connectivity index (χ3v) is 3.95. The van der Waals surface area contributed by atoms with Crippen LogP contribution in [0.3, 0.4) is 0 Å². The number of ether oxygens (including phenoxy) is 3. The number of aromatic amines is 1. The van der Waals surface area contributed by atoms with E-state index in [0.29, 0.717) is 28.5 Å². The molecule has 2 aromatic carbocycles. The van der Waals surface area contributed by atoms with E-state index >= 15 is 0 Å². The molecule has 2 heterocycles. The van der Waals surface area contributed by atoms with Crippen LogP contribution in [0, 0.1) is 6.92 Å². The van der Waals surface area contributed by atoms with Crippen molar-refractivity contribution in [3.05, 3.63) is 35.9 Å². The molecule has 1 aliphatic rings. The van der Waals surface area contributed by atoms with Crippen LogP contribution in [-0.4, -0.2) is 34.4 Å². The van der Waals surface area contributed by atoms with Gasteiger partial charge >= 0.3 is 0 Å². The number of fused-ring (bicyclic) bond motifs is 1. The molecule has 0 fully saturated rings. The molecule has 0 spiro atoms. The number of aromatic hydroxyl groups is 1. The number of hydrogen-bond donors (Lipinski definition) is 2. The standard InChI is InChI=1S/C17H15N3O4/c1-9-5-10(6-14-17(9)24-8-23-14)15-16(19-20-18-15)12-4-3-11(22-2)7-13(12)21/h3-7,21H,8H2,1-2H3,(H,18,19,20). The highest BCUT2D eigenvalue weighted by Gasteiger charge is 2.21. The van der Waals surface area contributed by atoms with E-state index in [1.807, 2.05) is 19.1 Å². The summed E-state index contributed by atoms with van der Waals surface area (Å²) in [4.78, 5) is 0. The first-order valence-electron chi connectivity index (χ1n) is 7.36. The van der Waals surface area contributed by atoms with Gasteiger partial charge in [0.1, 0.15) is 17.2 Å². The quantitative estimate of drug-likeness (QED) is 0.769. The normalized spacial score (nSPS) is 12.4. The van der Waals surface area contributed by atoms with Gasteiger partial charge in [0.05, 0.1) is 12.8 Å². The molecule has 7 nitrogen and oxygen atoms in total. The number of phenolic OH excluding ortho intramolecular Hbond substituents is 1. The van der Waals surface area contributed by atoms with Crippen molar-refractivity contribution in [2.75, 3.05) is 13.9 Å². The van der Waals surface area contributed by atoms with Crippen molar-refractivity contribution in [1.82, 2.24) is 15.4 Å². The van der Waals surface area contributed by atoms with Crippen LogP contribution in [0.4, 0.5) is 0 Å². The Kier molecular flexibility index (Phi) is 3.26. The van der Waals surface area contributed by atoms with E-state index in [-0.39, 0.29) is 12.5 Å². The van der Waals surface area contributed by atoms with E-state index in [9.17, 15) is 5.11 Å². The summed E-state index contributed by atoms with van der Waals surface area (Å²) >= 11 is 0. The molecule has 0 radical (unpaired) electrons. The molecule has 1 aromatic heterocycles. The zero-order chi connectivity index (χ0) is 16.7. The van der Waals surface area contributed by atoms with Crippen molar-refractivity contribution in [3.63, 3.8) is 0 Å². The summed E-state index contributed by atoms with van der Waals surface area (Å²) < 4.78 is 16.0. The lowest BCUT2D eigenvalue weighted by Gasteiger charge is -2.08. The summed E-state index contributed by atoms with van der Waals surface area (Å²) in [6.07, 6.45) is 0. The Hall–Kier alpha value is -3.22. The zero-order valence-electron chi connectivity index (χ0n) is 13.2. The SMILES string of the molecule is COc1ccc(-c2[nH]nnc2-c2cc(C)c3c(c2)OCO3)c(O)c1. The minimum Gasteiger partial charge on any atom is -0.507 e. The molecule has 0 aliphatic carbocycles. The summed E-state index contributed by atoms with van der Waals surface area (Å²) in [5.74, 6) is 2.08. The van der Waals surface area contributed by atoms with Gasteiger partial charge in [-0.2, -0.15) is 0 Å². The fourth-order valence-electron chi connectivity index (χ4n) is 2.79. The number of aromatic nitrogens is 3. The van der Waals surface area contributed by atoms with Crippen LogP contribution in [0.5, 0.6) is 23.0 Å². The Bertz CT molecular complexity index is 920. The van der Waals surface area contributed by atoms with Gasteiger partial charge in [0.2, 0.25) is 6.79 Å². The molecule has 0 unspecified atom stereocenters. The topological polar surface area (TPSA) is 89.5 Å². The third kappa shape index (κ3) is 2.21. The highest BCUT2D eigenvalue weighted by molar-refractivity contribution is 5.82. The number of H-pyrrole nitrogens is 1. The van der Waals surface area contributed by atoms with Gasteiger partial charge in [-0.15, -0.1) is 5.10 Å². The van der Waals surface area contributed by atoms with Crippen LogP contribution in [-0.2, 0) is 0 Å². The number of rotatable bonds is 3.